The largest absolute Gasteiger partial charge is 0.458 e. The van der Waals surface area contributed by atoms with E-state index in [1.54, 1.807) is 63.6 Å². The summed E-state index contributed by atoms with van der Waals surface area (Å²) in [6.45, 7) is 2.44. The Balaban J connectivity index is 1.43. The van der Waals surface area contributed by atoms with E-state index in [1.165, 1.54) is 6.07 Å². The van der Waals surface area contributed by atoms with Gasteiger partial charge in [-0.25, -0.2) is 4.79 Å². The van der Waals surface area contributed by atoms with Crippen LogP contribution in [0.3, 0.4) is 0 Å². The summed E-state index contributed by atoms with van der Waals surface area (Å²) in [5.41, 5.74) is 3.59. The lowest BCUT2D eigenvalue weighted by Crippen LogP contribution is -2.56. The topological polar surface area (TPSA) is 95.4 Å². The molecule has 0 atom stereocenters. The summed E-state index contributed by atoms with van der Waals surface area (Å²) in [6, 6.07) is 21.3. The van der Waals surface area contributed by atoms with E-state index in [-0.39, 0.29) is 23.5 Å². The Labute approximate surface area is 213 Å². The maximum Gasteiger partial charge on any atom is 0.404 e. The van der Waals surface area contributed by atoms with Gasteiger partial charge in [0.1, 0.15) is 5.57 Å². The number of fused-ring (bicyclic) bond motifs is 2. The van der Waals surface area contributed by atoms with Gasteiger partial charge in [-0.2, -0.15) is 5.26 Å². The van der Waals surface area contributed by atoms with Gasteiger partial charge < -0.3 is 9.64 Å². The molecule has 0 N–H and O–H groups in total. The van der Waals surface area contributed by atoms with Crippen molar-refractivity contribution in [3.63, 3.8) is 0 Å². The number of amides is 1. The monoisotopic (exact) mass is 491 g/mol. The van der Waals surface area contributed by atoms with Crippen LogP contribution in [0.15, 0.2) is 89.0 Å². The van der Waals surface area contributed by atoms with Crippen molar-refractivity contribution in [2.75, 3.05) is 18.1 Å². The molecule has 1 spiro atoms. The van der Waals surface area contributed by atoms with E-state index >= 15 is 0 Å². The van der Waals surface area contributed by atoms with Crippen LogP contribution < -0.4 is 10.5 Å². The van der Waals surface area contributed by atoms with Gasteiger partial charge in [-0.05, 0) is 56.2 Å². The summed E-state index contributed by atoms with van der Waals surface area (Å²) >= 11 is 0. The highest BCUT2D eigenvalue weighted by Gasteiger charge is 2.66. The maximum absolute atomic E-state index is 13.9. The van der Waals surface area contributed by atoms with Crippen molar-refractivity contribution in [2.45, 2.75) is 19.8 Å². The molecule has 0 radical (unpaired) electrons. The first-order chi connectivity index (χ1) is 18.0. The molecule has 0 bridgehead atoms. The second-order valence-electron chi connectivity index (χ2n) is 9.39. The molecule has 8 nitrogen and oxygen atoms in total. The van der Waals surface area contributed by atoms with E-state index in [2.05, 4.69) is 6.07 Å². The lowest BCUT2D eigenvalue weighted by molar-refractivity contribution is -0.396. The van der Waals surface area contributed by atoms with Crippen molar-refractivity contribution < 1.29 is 18.9 Å². The molecule has 1 amide bonds. The van der Waals surface area contributed by atoms with Gasteiger partial charge in [0, 0.05) is 47.7 Å². The molecular formula is C29H23N4O4+. The first-order valence-corrected chi connectivity index (χ1v) is 12.2. The van der Waals surface area contributed by atoms with E-state index in [0.29, 0.717) is 40.6 Å². The second-order valence-corrected chi connectivity index (χ2v) is 9.39. The lowest BCUT2D eigenvalue weighted by Gasteiger charge is -2.37. The molecule has 37 heavy (non-hydrogen) atoms. The summed E-state index contributed by atoms with van der Waals surface area (Å²) in [4.78, 5) is 40.9. The highest BCUT2D eigenvalue weighted by molar-refractivity contribution is 6.51. The summed E-state index contributed by atoms with van der Waals surface area (Å²) in [5.74, 6) is -0.679. The highest BCUT2D eigenvalue weighted by atomic mass is 16.5. The molecule has 3 aromatic rings. The predicted octanol–water partition coefficient (Wildman–Crippen LogP) is 3.45. The molecule has 8 heteroatoms. The molecular weight excluding hydrogens is 468 g/mol. The van der Waals surface area contributed by atoms with Crippen LogP contribution in [0.5, 0.6) is 0 Å². The van der Waals surface area contributed by atoms with Crippen molar-refractivity contribution in [1.29, 1.82) is 5.26 Å². The van der Waals surface area contributed by atoms with Crippen LogP contribution in [0, 0.1) is 16.7 Å². The third kappa shape index (κ3) is 3.51. The van der Waals surface area contributed by atoms with E-state index in [9.17, 15) is 19.6 Å². The van der Waals surface area contributed by atoms with Gasteiger partial charge in [-0.3, -0.25) is 14.2 Å². The smallest absolute Gasteiger partial charge is 0.404 e. The van der Waals surface area contributed by atoms with Gasteiger partial charge in [0.25, 0.3) is 11.3 Å². The normalized spacial score (nSPS) is 17.3. The Bertz CT molecular complexity index is 1640. The van der Waals surface area contributed by atoms with Crippen molar-refractivity contribution >= 4 is 29.0 Å². The molecule has 1 aromatic heterocycles. The van der Waals surface area contributed by atoms with Crippen LogP contribution in [-0.2, 0) is 14.3 Å². The first kappa shape index (κ1) is 22.7. The minimum atomic E-state index is -0.464. The number of carbonyl (C=O) groups is 2. The molecule has 1 saturated carbocycles. The van der Waals surface area contributed by atoms with Gasteiger partial charge in [0.05, 0.1) is 18.2 Å². The second kappa shape index (κ2) is 8.42. The fourth-order valence-corrected chi connectivity index (χ4v) is 5.25. The summed E-state index contributed by atoms with van der Waals surface area (Å²) in [5, 5.41) is 9.41. The average Bonchev–Trinajstić information content (AvgIpc) is 3.66. The summed E-state index contributed by atoms with van der Waals surface area (Å²) in [7, 11) is 0. The molecule has 3 aliphatic rings. The number of esters is 1. The van der Waals surface area contributed by atoms with Crippen molar-refractivity contribution in [1.82, 2.24) is 4.57 Å². The third-order valence-corrected chi connectivity index (χ3v) is 7.18. The van der Waals surface area contributed by atoms with Crippen molar-refractivity contribution in [3.8, 4) is 11.8 Å². The molecule has 182 valence electrons. The van der Waals surface area contributed by atoms with Gasteiger partial charge in [0.2, 0.25) is 5.69 Å². The number of ether oxygens (including phenoxy) is 1. The number of anilines is 1. The van der Waals surface area contributed by atoms with Gasteiger partial charge in [-0.1, -0.05) is 12.1 Å². The fourth-order valence-electron chi connectivity index (χ4n) is 5.25. The molecule has 2 aromatic carbocycles. The Kier molecular flexibility index (Phi) is 5.16. The first-order valence-electron chi connectivity index (χ1n) is 12.2. The number of benzene rings is 2. The molecule has 0 unspecified atom stereocenters. The fraction of sp³-hybridized carbons (Fsp3) is 0.207. The number of pyridine rings is 1. The van der Waals surface area contributed by atoms with Gasteiger partial charge in [0.15, 0.2) is 0 Å². The van der Waals surface area contributed by atoms with Crippen molar-refractivity contribution in [3.05, 3.63) is 100 Å². The van der Waals surface area contributed by atoms with Crippen molar-refractivity contribution in [2.24, 2.45) is 5.41 Å². The van der Waals surface area contributed by atoms with E-state index in [0.717, 1.165) is 18.4 Å². The molecule has 1 saturated heterocycles. The van der Waals surface area contributed by atoms with Gasteiger partial charge in [-0.15, -0.1) is 4.58 Å². The number of nitrogens with zero attached hydrogens (tertiary/aromatic N) is 4. The number of carbonyl (C=O) groups excluding carboxylic acids is 2. The maximum atomic E-state index is 13.9. The van der Waals surface area contributed by atoms with Crippen LogP contribution in [-0.4, -0.2) is 39.9 Å². The lowest BCUT2D eigenvalue weighted by atomic mass is 9.80. The van der Waals surface area contributed by atoms with Gasteiger partial charge >= 0.3 is 17.6 Å². The standard InChI is InChI=1S/C29H23N4O4/c1-2-37-28(36)26-24-25(33(26)22-7-5-6-19(16-22)17-30)27(35)32(18-29(24)13-14-29)21-11-9-20(10-12-21)31-15-4-3-8-23(31)34/h3-12,15-16H,2,13-14,18H2,1H3/q+1. The minimum Gasteiger partial charge on any atom is -0.458 e. The average molecular weight is 492 g/mol. The molecule has 3 heterocycles. The molecule has 2 fully saturated rings. The Hall–Kier alpha value is -4.77. The quantitative estimate of drug-likeness (QED) is 0.402. The number of piperidine rings is 1. The zero-order valence-corrected chi connectivity index (χ0v) is 20.2. The SMILES string of the molecule is CCOC(=O)C1=C2C(=[N+]1c1cccc(C#N)c1)C(=O)N(c1ccc(-n3ccccc3=O)cc1)CC21CC1. The summed E-state index contributed by atoms with van der Waals surface area (Å²) in [6.07, 6.45) is 3.43. The van der Waals surface area contributed by atoms with E-state index in [1.807, 2.05) is 24.3 Å². The zero-order valence-electron chi connectivity index (χ0n) is 20.2. The van der Waals surface area contributed by atoms with E-state index in [4.69, 9.17) is 4.74 Å². The minimum absolute atomic E-state index is 0.136. The number of aromatic nitrogens is 1. The number of nitriles is 1. The van der Waals surface area contributed by atoms with Crippen LogP contribution in [0.25, 0.3) is 5.69 Å². The number of hydrogen-bond acceptors (Lipinski definition) is 5. The van der Waals surface area contributed by atoms with E-state index < -0.39 is 5.97 Å². The van der Waals surface area contributed by atoms with Crippen LogP contribution in [0.2, 0.25) is 0 Å². The van der Waals surface area contributed by atoms with Crippen LogP contribution in [0.4, 0.5) is 11.4 Å². The number of hydrogen-bond donors (Lipinski definition) is 0. The number of rotatable bonds is 5. The Morgan fingerprint density at radius 2 is 1.81 bits per heavy atom. The van der Waals surface area contributed by atoms with Crippen LogP contribution in [0.1, 0.15) is 25.3 Å². The zero-order chi connectivity index (χ0) is 25.7. The predicted molar refractivity (Wildman–Crippen MR) is 136 cm³/mol. The molecule has 6 rings (SSSR count). The third-order valence-electron chi connectivity index (χ3n) is 7.18. The summed E-state index contributed by atoms with van der Waals surface area (Å²) < 4.78 is 8.55. The Morgan fingerprint density at radius 1 is 1.05 bits per heavy atom. The Morgan fingerprint density at radius 3 is 2.49 bits per heavy atom. The molecule has 2 aliphatic heterocycles. The molecule has 1 aliphatic carbocycles. The highest BCUT2D eigenvalue weighted by Crippen LogP contribution is 2.59. The van der Waals surface area contributed by atoms with Crippen LogP contribution >= 0.6 is 0 Å².